The fourth-order valence-corrected chi connectivity index (χ4v) is 4.66. The van der Waals surface area contributed by atoms with Crippen LogP contribution >= 0.6 is 11.3 Å². The van der Waals surface area contributed by atoms with Gasteiger partial charge in [0.05, 0.1) is 11.4 Å². The fourth-order valence-electron chi connectivity index (χ4n) is 3.70. The monoisotopic (exact) mass is 426 g/mol. The molecule has 0 bridgehead atoms. The molecule has 0 radical (unpaired) electrons. The highest BCUT2D eigenvalue weighted by Crippen LogP contribution is 2.27. The van der Waals surface area contributed by atoms with Crippen molar-refractivity contribution in [2.45, 2.75) is 46.1 Å². The maximum absolute atomic E-state index is 5.00. The van der Waals surface area contributed by atoms with Gasteiger partial charge in [-0.3, -0.25) is 0 Å². The summed E-state index contributed by atoms with van der Waals surface area (Å²) in [5, 5.41) is 2.24. The number of hydrogen-bond acceptors (Lipinski definition) is 2. The average molecular weight is 427 g/mol. The summed E-state index contributed by atoms with van der Waals surface area (Å²) in [6, 6.07) is 28.1. The van der Waals surface area contributed by atoms with Crippen LogP contribution in [0.3, 0.4) is 0 Å². The number of benzene rings is 3. The maximum Gasteiger partial charge on any atom is 0.190 e. The summed E-state index contributed by atoms with van der Waals surface area (Å²) in [5.74, 6) is 0. The quantitative estimate of drug-likeness (QED) is 0.319. The van der Waals surface area contributed by atoms with Crippen LogP contribution in [0.25, 0.3) is 11.3 Å². The molecule has 2 nitrogen and oxygen atoms in total. The number of nitrogens with zero attached hydrogens (tertiary/aromatic N) is 2. The van der Waals surface area contributed by atoms with Crippen molar-refractivity contribution in [2.75, 3.05) is 0 Å². The first-order valence-corrected chi connectivity index (χ1v) is 11.7. The highest BCUT2D eigenvalue weighted by molar-refractivity contribution is 7.07. The van der Waals surface area contributed by atoms with E-state index in [1.807, 2.05) is 0 Å². The predicted octanol–water partition coefficient (Wildman–Crippen LogP) is 7.30. The Morgan fingerprint density at radius 3 is 2.29 bits per heavy atom. The minimum atomic E-state index is 0.155. The lowest BCUT2D eigenvalue weighted by molar-refractivity contribution is 0.590. The molecule has 0 unspecified atom stereocenters. The number of thiazole rings is 1. The summed E-state index contributed by atoms with van der Waals surface area (Å²) in [6.07, 6.45) is 0.978. The first kappa shape index (κ1) is 21.3. The number of rotatable bonds is 5. The van der Waals surface area contributed by atoms with Crippen LogP contribution in [0.5, 0.6) is 0 Å². The molecule has 1 heterocycles. The van der Waals surface area contributed by atoms with Crippen molar-refractivity contribution >= 4 is 17.0 Å². The fraction of sp³-hybridized carbons (Fsp3) is 0.250. The maximum atomic E-state index is 5.00. The van der Waals surface area contributed by atoms with Gasteiger partial charge in [-0.1, -0.05) is 87.5 Å². The van der Waals surface area contributed by atoms with Crippen LogP contribution in [0.2, 0.25) is 0 Å². The second-order valence-electron chi connectivity index (χ2n) is 9.07. The van der Waals surface area contributed by atoms with Gasteiger partial charge in [-0.2, -0.15) is 0 Å². The second kappa shape index (κ2) is 9.07. The normalized spacial score (nSPS) is 12.3. The van der Waals surface area contributed by atoms with E-state index in [-0.39, 0.29) is 5.41 Å². The first-order valence-electron chi connectivity index (χ1n) is 10.8. The Morgan fingerprint density at radius 1 is 0.871 bits per heavy atom. The zero-order valence-corrected chi connectivity index (χ0v) is 19.6. The Bertz CT molecular complexity index is 1210. The third-order valence-corrected chi connectivity index (χ3v) is 6.40. The van der Waals surface area contributed by atoms with Gasteiger partial charge in [0.1, 0.15) is 0 Å². The number of aryl methyl sites for hydroxylation is 2. The van der Waals surface area contributed by atoms with E-state index in [0.29, 0.717) is 0 Å². The standard InChI is InChI=1S/C28H30N2S/c1-21-9-8-12-25(19-21)29-27-30(18-17-22-10-6-5-7-11-22)26(20-31-27)23-13-15-24(16-14-23)28(2,3)4/h5-16,19-20H,17-18H2,1-4H3. The molecule has 31 heavy (non-hydrogen) atoms. The van der Waals surface area contributed by atoms with Crippen molar-refractivity contribution < 1.29 is 0 Å². The smallest absolute Gasteiger partial charge is 0.190 e. The van der Waals surface area contributed by atoms with Gasteiger partial charge in [0, 0.05) is 11.9 Å². The van der Waals surface area contributed by atoms with Crippen LogP contribution in [-0.4, -0.2) is 4.57 Å². The van der Waals surface area contributed by atoms with Crippen LogP contribution in [0.4, 0.5) is 5.69 Å². The van der Waals surface area contributed by atoms with Crippen molar-refractivity contribution in [1.29, 1.82) is 0 Å². The molecule has 0 aliphatic carbocycles. The minimum absolute atomic E-state index is 0.155. The molecule has 4 aromatic rings. The van der Waals surface area contributed by atoms with E-state index in [1.165, 1.54) is 27.9 Å². The topological polar surface area (TPSA) is 17.3 Å². The highest BCUT2D eigenvalue weighted by atomic mass is 32.1. The van der Waals surface area contributed by atoms with E-state index < -0.39 is 0 Å². The van der Waals surface area contributed by atoms with Crippen molar-refractivity contribution in [3.63, 3.8) is 0 Å². The Balaban J connectivity index is 1.75. The van der Waals surface area contributed by atoms with Gasteiger partial charge < -0.3 is 4.57 Å². The predicted molar refractivity (Wildman–Crippen MR) is 133 cm³/mol. The molecule has 0 amide bonds. The molecule has 3 aromatic carbocycles. The second-order valence-corrected chi connectivity index (χ2v) is 9.91. The summed E-state index contributed by atoms with van der Waals surface area (Å²) < 4.78 is 2.37. The molecule has 0 atom stereocenters. The van der Waals surface area contributed by atoms with E-state index in [0.717, 1.165) is 23.5 Å². The number of hydrogen-bond donors (Lipinski definition) is 0. The highest BCUT2D eigenvalue weighted by Gasteiger charge is 2.14. The molecule has 0 fully saturated rings. The van der Waals surface area contributed by atoms with Crippen LogP contribution in [0.15, 0.2) is 89.2 Å². The molecule has 158 valence electrons. The largest absolute Gasteiger partial charge is 0.316 e. The minimum Gasteiger partial charge on any atom is -0.316 e. The zero-order valence-electron chi connectivity index (χ0n) is 18.8. The SMILES string of the molecule is Cc1cccc(N=c2scc(-c3ccc(C(C)(C)C)cc3)n2CCc2ccccc2)c1. The molecular weight excluding hydrogens is 396 g/mol. The van der Waals surface area contributed by atoms with Crippen molar-refractivity contribution in [1.82, 2.24) is 4.57 Å². The summed E-state index contributed by atoms with van der Waals surface area (Å²) in [5.41, 5.74) is 7.55. The molecule has 4 rings (SSSR count). The van der Waals surface area contributed by atoms with E-state index in [9.17, 15) is 0 Å². The Labute approximate surface area is 189 Å². The summed E-state index contributed by atoms with van der Waals surface area (Å²) >= 11 is 1.71. The lowest BCUT2D eigenvalue weighted by Crippen LogP contribution is -2.17. The van der Waals surface area contributed by atoms with Crippen LogP contribution in [0, 0.1) is 6.92 Å². The molecule has 0 aliphatic heterocycles. The van der Waals surface area contributed by atoms with Gasteiger partial charge >= 0.3 is 0 Å². The zero-order chi connectivity index (χ0) is 21.8. The summed E-state index contributed by atoms with van der Waals surface area (Å²) in [4.78, 5) is 6.04. The van der Waals surface area contributed by atoms with Crippen molar-refractivity contribution in [2.24, 2.45) is 4.99 Å². The van der Waals surface area contributed by atoms with Crippen molar-refractivity contribution in [3.8, 4) is 11.3 Å². The van der Waals surface area contributed by atoms with E-state index >= 15 is 0 Å². The average Bonchev–Trinajstić information content (AvgIpc) is 3.15. The lowest BCUT2D eigenvalue weighted by atomic mass is 9.86. The van der Waals surface area contributed by atoms with Crippen LogP contribution in [0.1, 0.15) is 37.5 Å². The lowest BCUT2D eigenvalue weighted by Gasteiger charge is -2.19. The van der Waals surface area contributed by atoms with Gasteiger partial charge in [-0.25, -0.2) is 4.99 Å². The molecular formula is C28H30N2S. The molecule has 0 aliphatic rings. The van der Waals surface area contributed by atoms with Gasteiger partial charge in [-0.15, -0.1) is 11.3 Å². The third kappa shape index (κ3) is 5.23. The van der Waals surface area contributed by atoms with Gasteiger partial charge in [0.15, 0.2) is 4.80 Å². The van der Waals surface area contributed by atoms with Gasteiger partial charge in [0.25, 0.3) is 0 Å². The summed E-state index contributed by atoms with van der Waals surface area (Å²) in [6.45, 7) is 9.77. The van der Waals surface area contributed by atoms with E-state index in [1.54, 1.807) is 11.3 Å². The Hall–Kier alpha value is -2.91. The van der Waals surface area contributed by atoms with E-state index in [4.69, 9.17) is 4.99 Å². The van der Waals surface area contributed by atoms with Crippen LogP contribution < -0.4 is 4.80 Å². The molecule has 0 saturated carbocycles. The third-order valence-electron chi connectivity index (χ3n) is 5.54. The Kier molecular flexibility index (Phi) is 6.24. The van der Waals surface area contributed by atoms with E-state index in [2.05, 4.69) is 117 Å². The molecule has 0 saturated heterocycles. The molecule has 1 aromatic heterocycles. The summed E-state index contributed by atoms with van der Waals surface area (Å²) in [7, 11) is 0. The number of aromatic nitrogens is 1. The first-order chi connectivity index (χ1) is 14.9. The molecule has 0 spiro atoms. The molecule has 0 N–H and O–H groups in total. The molecule has 3 heteroatoms. The van der Waals surface area contributed by atoms with Crippen molar-refractivity contribution in [3.05, 3.63) is 106 Å². The van der Waals surface area contributed by atoms with Crippen LogP contribution in [-0.2, 0) is 18.4 Å². The van der Waals surface area contributed by atoms with Gasteiger partial charge in [0.2, 0.25) is 0 Å². The van der Waals surface area contributed by atoms with Gasteiger partial charge in [-0.05, 0) is 53.1 Å². The Morgan fingerprint density at radius 2 is 1.61 bits per heavy atom.